The smallest absolute Gasteiger partial charge is 0.285 e. The van der Waals surface area contributed by atoms with Crippen LogP contribution in [-0.2, 0) is 4.57 Å². The zero-order valence-electron chi connectivity index (χ0n) is 5.74. The highest BCUT2D eigenvalue weighted by atomic mass is 31.1. The molecule has 0 aliphatic heterocycles. The molecule has 3 N–H and O–H groups in total. The van der Waals surface area contributed by atoms with Gasteiger partial charge in [-0.05, 0) is 10.5 Å². The van der Waals surface area contributed by atoms with Gasteiger partial charge in [0.1, 0.15) is 0 Å². The van der Waals surface area contributed by atoms with E-state index in [0.717, 1.165) is 0 Å². The van der Waals surface area contributed by atoms with Crippen molar-refractivity contribution in [3.8, 4) is 0 Å². The minimum atomic E-state index is -2.17. The Hall–Kier alpha value is 0.0200. The van der Waals surface area contributed by atoms with Crippen LogP contribution in [-0.4, -0.2) is 10.7 Å². The molecule has 3 nitrogen and oxygen atoms in total. The van der Waals surface area contributed by atoms with E-state index in [1.165, 1.54) is 0 Å². The molecule has 4 heteroatoms. The van der Waals surface area contributed by atoms with E-state index in [9.17, 15) is 4.57 Å². The van der Waals surface area contributed by atoms with Crippen LogP contribution in [0.3, 0.4) is 0 Å². The van der Waals surface area contributed by atoms with Crippen LogP contribution in [0.1, 0.15) is 20.3 Å². The van der Waals surface area contributed by atoms with Crippen LogP contribution in [0.4, 0.5) is 0 Å². The van der Waals surface area contributed by atoms with Gasteiger partial charge in [0.25, 0.3) is 0 Å². The third-order valence-corrected chi connectivity index (χ3v) is 1.77. The van der Waals surface area contributed by atoms with Gasteiger partial charge in [-0.1, -0.05) is 13.8 Å². The predicted molar refractivity (Wildman–Crippen MR) is 37.3 cm³/mol. The number of nitrogens with two attached hydrogens (primary N) is 1. The molecule has 0 rings (SSSR count). The van der Waals surface area contributed by atoms with Crippen molar-refractivity contribution in [2.45, 2.75) is 26.1 Å². The van der Waals surface area contributed by atoms with Gasteiger partial charge in [0.05, 0.1) is 0 Å². The van der Waals surface area contributed by atoms with Crippen LogP contribution in [0.25, 0.3) is 0 Å². The predicted octanol–water partition coefficient (Wildman–Crippen LogP) is 1.05. The molecule has 2 unspecified atom stereocenters. The summed E-state index contributed by atoms with van der Waals surface area (Å²) < 4.78 is 10.3. The second-order valence-corrected chi connectivity index (χ2v) is 3.77. The second kappa shape index (κ2) is 3.94. The summed E-state index contributed by atoms with van der Waals surface area (Å²) in [6.07, 6.45) is 0.617. The summed E-state index contributed by atoms with van der Waals surface area (Å²) in [5.41, 5.74) is 5.28. The van der Waals surface area contributed by atoms with E-state index in [4.69, 9.17) is 10.6 Å². The Morgan fingerprint density at radius 1 is 1.67 bits per heavy atom. The molecular formula is C5H13NO2P+. The Bertz CT molecular complexity index is 105. The molecule has 0 spiro atoms. The number of hydrogen-bond acceptors (Lipinski definition) is 2. The van der Waals surface area contributed by atoms with Gasteiger partial charge in [-0.15, -0.1) is 0 Å². The highest BCUT2D eigenvalue weighted by Gasteiger charge is 2.24. The van der Waals surface area contributed by atoms with Gasteiger partial charge < -0.3 is 0 Å². The van der Waals surface area contributed by atoms with Crippen LogP contribution >= 0.6 is 8.03 Å². The highest BCUT2D eigenvalue weighted by Crippen LogP contribution is 2.22. The lowest BCUT2D eigenvalue weighted by Crippen LogP contribution is -2.17. The number of hydrogen-bond donors (Lipinski definition) is 2. The molecule has 0 aromatic rings. The Balaban J connectivity index is 3.50. The molecule has 0 fully saturated rings. The summed E-state index contributed by atoms with van der Waals surface area (Å²) in [6.45, 7) is 3.94. The van der Waals surface area contributed by atoms with Crippen molar-refractivity contribution in [3.63, 3.8) is 0 Å². The van der Waals surface area contributed by atoms with E-state index >= 15 is 0 Å². The first-order chi connectivity index (χ1) is 4.04. The van der Waals surface area contributed by atoms with Crippen LogP contribution in [0.5, 0.6) is 0 Å². The molecule has 2 atom stereocenters. The molecule has 0 aliphatic rings. The third-order valence-electron chi connectivity index (χ3n) is 0.997. The minimum absolute atomic E-state index is 0.395. The minimum Gasteiger partial charge on any atom is -0.285 e. The summed E-state index contributed by atoms with van der Waals surface area (Å²) in [5.74, 6) is -0.147. The average Bonchev–Trinajstić information content (AvgIpc) is 1.63. The Kier molecular flexibility index (Phi) is 3.95. The van der Waals surface area contributed by atoms with Gasteiger partial charge >= 0.3 is 8.03 Å². The largest absolute Gasteiger partial charge is 0.524 e. The van der Waals surface area contributed by atoms with Gasteiger partial charge in [0, 0.05) is 6.42 Å². The van der Waals surface area contributed by atoms with E-state index in [0.29, 0.717) is 12.3 Å². The molecule has 0 aromatic carbocycles. The van der Waals surface area contributed by atoms with E-state index in [1.807, 2.05) is 13.8 Å². The SMILES string of the molecule is CC(C)CC(N)[P+](=O)O. The van der Waals surface area contributed by atoms with Gasteiger partial charge in [0.2, 0.25) is 5.78 Å². The molecule has 0 radical (unpaired) electrons. The molecule has 54 valence electrons. The fourth-order valence-corrected chi connectivity index (χ4v) is 1.18. The molecule has 9 heavy (non-hydrogen) atoms. The Labute approximate surface area is 56.1 Å². The lowest BCUT2D eigenvalue weighted by molar-refractivity contribution is 0.468. The first kappa shape index (κ1) is 9.02. The maximum atomic E-state index is 10.3. The lowest BCUT2D eigenvalue weighted by Gasteiger charge is -2.00. The van der Waals surface area contributed by atoms with Crippen LogP contribution in [0.2, 0.25) is 0 Å². The first-order valence-electron chi connectivity index (χ1n) is 2.95. The van der Waals surface area contributed by atoms with Crippen molar-refractivity contribution in [2.24, 2.45) is 11.7 Å². The van der Waals surface area contributed by atoms with Crippen LogP contribution in [0.15, 0.2) is 0 Å². The maximum absolute atomic E-state index is 10.3. The van der Waals surface area contributed by atoms with Crippen molar-refractivity contribution in [2.75, 3.05) is 0 Å². The zero-order chi connectivity index (χ0) is 7.44. The van der Waals surface area contributed by atoms with E-state index in [1.54, 1.807) is 0 Å². The normalized spacial score (nSPS) is 15.9. The summed E-state index contributed by atoms with van der Waals surface area (Å²) in [5, 5.41) is 0. The van der Waals surface area contributed by atoms with Crippen molar-refractivity contribution >= 4 is 8.03 Å². The van der Waals surface area contributed by atoms with Crippen molar-refractivity contribution in [3.05, 3.63) is 0 Å². The molecule has 0 aromatic heterocycles. The molecule has 0 heterocycles. The standard InChI is InChI=1S/C5H12NO2P/c1-4(2)3-5(6)9(7)8/h4-5H,3,6H2,1-2H3/p+1. The lowest BCUT2D eigenvalue weighted by atomic mass is 10.1. The van der Waals surface area contributed by atoms with E-state index in [-0.39, 0.29) is 0 Å². The van der Waals surface area contributed by atoms with Crippen LogP contribution < -0.4 is 5.73 Å². The molecular weight excluding hydrogens is 137 g/mol. The fraction of sp³-hybridized carbons (Fsp3) is 1.00. The summed E-state index contributed by atoms with van der Waals surface area (Å²) >= 11 is 0. The Morgan fingerprint density at radius 2 is 2.11 bits per heavy atom. The fourth-order valence-electron chi connectivity index (χ4n) is 0.573. The summed E-state index contributed by atoms with van der Waals surface area (Å²) in [6, 6.07) is 0. The van der Waals surface area contributed by atoms with E-state index < -0.39 is 13.8 Å². The van der Waals surface area contributed by atoms with E-state index in [2.05, 4.69) is 0 Å². The van der Waals surface area contributed by atoms with Gasteiger partial charge in [-0.25, -0.2) is 0 Å². The van der Waals surface area contributed by atoms with Gasteiger partial charge in [-0.3, -0.25) is 5.73 Å². The highest BCUT2D eigenvalue weighted by molar-refractivity contribution is 7.38. The second-order valence-electron chi connectivity index (χ2n) is 2.50. The molecule has 0 saturated carbocycles. The maximum Gasteiger partial charge on any atom is 0.524 e. The quantitative estimate of drug-likeness (QED) is 0.591. The molecule has 0 bridgehead atoms. The summed E-state index contributed by atoms with van der Waals surface area (Å²) in [7, 11) is -2.17. The average molecular weight is 150 g/mol. The summed E-state index contributed by atoms with van der Waals surface area (Å²) in [4.78, 5) is 8.45. The molecule has 0 amide bonds. The van der Waals surface area contributed by atoms with Crippen molar-refractivity contribution < 1.29 is 9.46 Å². The zero-order valence-corrected chi connectivity index (χ0v) is 6.64. The third kappa shape index (κ3) is 4.52. The van der Waals surface area contributed by atoms with Crippen LogP contribution in [0, 0.1) is 5.92 Å². The number of rotatable bonds is 3. The first-order valence-corrected chi connectivity index (χ1v) is 4.23. The van der Waals surface area contributed by atoms with Crippen molar-refractivity contribution in [1.82, 2.24) is 0 Å². The van der Waals surface area contributed by atoms with Gasteiger partial charge in [0.15, 0.2) is 0 Å². The molecule has 0 aliphatic carbocycles. The Morgan fingerprint density at radius 3 is 2.22 bits per heavy atom. The topological polar surface area (TPSA) is 63.3 Å². The monoisotopic (exact) mass is 150 g/mol. The molecule has 0 saturated heterocycles. The van der Waals surface area contributed by atoms with Gasteiger partial charge in [-0.2, -0.15) is 4.89 Å². The van der Waals surface area contributed by atoms with Crippen molar-refractivity contribution in [1.29, 1.82) is 0 Å².